The summed E-state index contributed by atoms with van der Waals surface area (Å²) in [5, 5.41) is 9.91. The molecule has 0 atom stereocenters. The summed E-state index contributed by atoms with van der Waals surface area (Å²) in [5.74, 6) is -0.952. The number of fused-ring (bicyclic) bond motifs is 1. The second kappa shape index (κ2) is 4.00. The molecule has 4 nitrogen and oxygen atoms in total. The number of aromatic carboxylic acids is 1. The van der Waals surface area contributed by atoms with Crippen LogP contribution in [-0.4, -0.2) is 21.0 Å². The monoisotopic (exact) mass is 238 g/mol. The number of carboxylic acids is 1. The molecule has 1 aromatic carbocycles. The lowest BCUT2D eigenvalue weighted by molar-refractivity contribution is 0.0691. The summed E-state index contributed by atoms with van der Waals surface area (Å²) >= 11 is 0. The van der Waals surface area contributed by atoms with Crippen LogP contribution >= 0.6 is 0 Å². The summed E-state index contributed by atoms with van der Waals surface area (Å²) in [4.78, 5) is 17.8. The minimum atomic E-state index is -0.952. The van der Waals surface area contributed by atoms with Gasteiger partial charge in [-0.1, -0.05) is 12.1 Å². The zero-order valence-corrected chi connectivity index (χ0v) is 9.42. The lowest BCUT2D eigenvalue weighted by Gasteiger charge is -2.02. The summed E-state index contributed by atoms with van der Waals surface area (Å²) in [5.41, 5.74) is 3.04. The lowest BCUT2D eigenvalue weighted by atomic mass is 10.0. The van der Waals surface area contributed by atoms with Crippen LogP contribution in [0.15, 0.2) is 48.8 Å². The topological polar surface area (TPSA) is 66.0 Å². The second-order valence-electron chi connectivity index (χ2n) is 3.99. The fourth-order valence-corrected chi connectivity index (χ4v) is 2.05. The van der Waals surface area contributed by atoms with Gasteiger partial charge in [0.05, 0.1) is 0 Å². The fraction of sp³-hybridized carbons (Fsp3) is 0. The van der Waals surface area contributed by atoms with Gasteiger partial charge in [0.15, 0.2) is 0 Å². The molecule has 0 aliphatic rings. The summed E-state index contributed by atoms with van der Waals surface area (Å²) in [6, 6.07) is 11.2. The Hall–Kier alpha value is -2.62. The normalized spacial score (nSPS) is 10.7. The molecule has 2 aromatic heterocycles. The van der Waals surface area contributed by atoms with Crippen molar-refractivity contribution in [1.29, 1.82) is 0 Å². The smallest absolute Gasteiger partial charge is 0.352 e. The number of aromatic nitrogens is 2. The molecule has 0 spiro atoms. The summed E-state index contributed by atoms with van der Waals surface area (Å²) in [6.45, 7) is 0. The van der Waals surface area contributed by atoms with Crippen LogP contribution in [0.3, 0.4) is 0 Å². The van der Waals surface area contributed by atoms with Gasteiger partial charge in [0.1, 0.15) is 5.69 Å². The van der Waals surface area contributed by atoms with E-state index < -0.39 is 5.97 Å². The number of rotatable bonds is 2. The van der Waals surface area contributed by atoms with Gasteiger partial charge in [-0.05, 0) is 35.4 Å². The number of nitrogens with one attached hydrogen (secondary N) is 1. The first-order chi connectivity index (χ1) is 8.75. The molecule has 3 aromatic rings. The number of pyridine rings is 1. The molecular weight excluding hydrogens is 228 g/mol. The van der Waals surface area contributed by atoms with Crippen LogP contribution in [0.5, 0.6) is 0 Å². The minimum absolute atomic E-state index is 0.200. The third-order valence-corrected chi connectivity index (χ3v) is 2.89. The molecule has 0 saturated heterocycles. The Morgan fingerprint density at radius 3 is 2.67 bits per heavy atom. The van der Waals surface area contributed by atoms with E-state index in [9.17, 15) is 4.79 Å². The molecule has 0 unspecified atom stereocenters. The number of nitrogens with zero attached hydrogens (tertiary/aromatic N) is 1. The van der Waals surface area contributed by atoms with Crippen LogP contribution in [0.1, 0.15) is 10.5 Å². The van der Waals surface area contributed by atoms with Gasteiger partial charge in [0.25, 0.3) is 0 Å². The number of benzene rings is 1. The van der Waals surface area contributed by atoms with Crippen molar-refractivity contribution in [2.45, 2.75) is 0 Å². The van der Waals surface area contributed by atoms with Gasteiger partial charge >= 0.3 is 5.97 Å². The van der Waals surface area contributed by atoms with Crippen molar-refractivity contribution in [1.82, 2.24) is 9.97 Å². The molecule has 2 N–H and O–H groups in total. The van der Waals surface area contributed by atoms with Crippen LogP contribution in [0.25, 0.3) is 22.0 Å². The van der Waals surface area contributed by atoms with E-state index in [1.54, 1.807) is 18.5 Å². The number of carbonyl (C=O) groups is 1. The largest absolute Gasteiger partial charge is 0.477 e. The third-order valence-electron chi connectivity index (χ3n) is 2.89. The molecule has 0 amide bonds. The van der Waals surface area contributed by atoms with Crippen LogP contribution in [0, 0.1) is 0 Å². The van der Waals surface area contributed by atoms with E-state index >= 15 is 0 Å². The first-order valence-electron chi connectivity index (χ1n) is 5.51. The molecule has 18 heavy (non-hydrogen) atoms. The highest BCUT2D eigenvalue weighted by Gasteiger charge is 2.10. The maximum absolute atomic E-state index is 11.0. The van der Waals surface area contributed by atoms with Gasteiger partial charge < -0.3 is 10.1 Å². The van der Waals surface area contributed by atoms with Crippen molar-refractivity contribution >= 4 is 16.9 Å². The lowest BCUT2D eigenvalue weighted by Crippen LogP contribution is -1.94. The Kier molecular flexibility index (Phi) is 2.34. The van der Waals surface area contributed by atoms with Crippen molar-refractivity contribution in [3.63, 3.8) is 0 Å². The summed E-state index contributed by atoms with van der Waals surface area (Å²) < 4.78 is 0. The molecule has 4 heteroatoms. The molecule has 3 rings (SSSR count). The zero-order chi connectivity index (χ0) is 12.5. The molecule has 88 valence electrons. The molecule has 0 fully saturated rings. The minimum Gasteiger partial charge on any atom is -0.477 e. The summed E-state index contributed by atoms with van der Waals surface area (Å²) in [7, 11) is 0. The Bertz CT molecular complexity index is 717. The highest BCUT2D eigenvalue weighted by atomic mass is 16.4. The SMILES string of the molecule is O=C(O)c1cc2c(-c3ccncc3)cccc2[nH]1. The van der Waals surface area contributed by atoms with E-state index in [4.69, 9.17) is 5.11 Å². The summed E-state index contributed by atoms with van der Waals surface area (Å²) in [6.07, 6.45) is 3.44. The molecular formula is C14H10N2O2. The van der Waals surface area contributed by atoms with E-state index in [1.807, 2.05) is 30.3 Å². The van der Waals surface area contributed by atoms with E-state index in [-0.39, 0.29) is 5.69 Å². The highest BCUT2D eigenvalue weighted by Crippen LogP contribution is 2.28. The zero-order valence-electron chi connectivity index (χ0n) is 9.42. The standard InChI is InChI=1S/C14H10N2O2/c17-14(18)13-8-11-10(2-1-3-12(11)16-13)9-4-6-15-7-5-9/h1-8,16H,(H,17,18). The van der Waals surface area contributed by atoms with Gasteiger partial charge in [-0.2, -0.15) is 0 Å². The molecule has 2 heterocycles. The van der Waals surface area contributed by atoms with Crippen LogP contribution in [0.2, 0.25) is 0 Å². The van der Waals surface area contributed by atoms with Gasteiger partial charge in [0, 0.05) is 23.3 Å². The number of aromatic amines is 1. The maximum atomic E-state index is 11.0. The van der Waals surface area contributed by atoms with Crippen molar-refractivity contribution in [3.8, 4) is 11.1 Å². The fourth-order valence-electron chi connectivity index (χ4n) is 2.05. The Morgan fingerprint density at radius 2 is 1.94 bits per heavy atom. The van der Waals surface area contributed by atoms with Crippen LogP contribution in [0.4, 0.5) is 0 Å². The molecule has 0 aliphatic carbocycles. The molecule has 0 saturated carbocycles. The Morgan fingerprint density at radius 1 is 1.17 bits per heavy atom. The van der Waals surface area contributed by atoms with Crippen molar-refractivity contribution in [2.24, 2.45) is 0 Å². The predicted molar refractivity (Wildman–Crippen MR) is 68.5 cm³/mol. The van der Waals surface area contributed by atoms with Gasteiger partial charge in [-0.25, -0.2) is 4.79 Å². The van der Waals surface area contributed by atoms with Crippen molar-refractivity contribution < 1.29 is 9.90 Å². The number of hydrogen-bond donors (Lipinski definition) is 2. The molecule has 0 bridgehead atoms. The van der Waals surface area contributed by atoms with Gasteiger partial charge in [-0.15, -0.1) is 0 Å². The first kappa shape index (κ1) is 10.5. The van der Waals surface area contributed by atoms with Crippen LogP contribution < -0.4 is 0 Å². The quantitative estimate of drug-likeness (QED) is 0.721. The molecule has 0 radical (unpaired) electrons. The van der Waals surface area contributed by atoms with E-state index in [1.165, 1.54) is 0 Å². The second-order valence-corrected chi connectivity index (χ2v) is 3.99. The number of hydrogen-bond acceptors (Lipinski definition) is 2. The average molecular weight is 238 g/mol. The van der Waals surface area contributed by atoms with Gasteiger partial charge in [-0.3, -0.25) is 4.98 Å². The Balaban J connectivity index is 2.27. The van der Waals surface area contributed by atoms with Gasteiger partial charge in [0.2, 0.25) is 0 Å². The van der Waals surface area contributed by atoms with E-state index in [2.05, 4.69) is 9.97 Å². The number of H-pyrrole nitrogens is 1. The molecule has 0 aliphatic heterocycles. The third kappa shape index (κ3) is 1.64. The van der Waals surface area contributed by atoms with Crippen LogP contribution in [-0.2, 0) is 0 Å². The van der Waals surface area contributed by atoms with E-state index in [0.29, 0.717) is 0 Å². The Labute approximate surface area is 103 Å². The average Bonchev–Trinajstić information content (AvgIpc) is 2.83. The predicted octanol–water partition coefficient (Wildman–Crippen LogP) is 2.93. The number of carboxylic acid groups (broad SMARTS) is 1. The first-order valence-corrected chi connectivity index (χ1v) is 5.51. The van der Waals surface area contributed by atoms with Crippen molar-refractivity contribution in [2.75, 3.05) is 0 Å². The van der Waals surface area contributed by atoms with Crippen molar-refractivity contribution in [3.05, 3.63) is 54.5 Å². The van der Waals surface area contributed by atoms with E-state index in [0.717, 1.165) is 22.0 Å². The highest BCUT2D eigenvalue weighted by molar-refractivity contribution is 6.00. The maximum Gasteiger partial charge on any atom is 0.352 e.